The number of aliphatic carboxylic acids is 1. The fourth-order valence-corrected chi connectivity index (χ4v) is 1.86. The molecule has 96 valence electrons. The van der Waals surface area contributed by atoms with Crippen LogP contribution in [0.25, 0.3) is 0 Å². The van der Waals surface area contributed by atoms with Gasteiger partial charge >= 0.3 is 5.97 Å². The molecule has 17 heavy (non-hydrogen) atoms. The summed E-state index contributed by atoms with van der Waals surface area (Å²) in [5.74, 6) is -0.726. The molecule has 0 bridgehead atoms. The lowest BCUT2D eigenvalue weighted by Gasteiger charge is -2.26. The van der Waals surface area contributed by atoms with E-state index in [1.54, 1.807) is 6.20 Å². The van der Waals surface area contributed by atoms with Gasteiger partial charge in [-0.15, -0.1) is 0 Å². The number of nitrogens with zero attached hydrogens (tertiary/aromatic N) is 1. The smallest absolute Gasteiger partial charge is 0.310 e. The highest BCUT2D eigenvalue weighted by Crippen LogP contribution is 2.25. The highest BCUT2D eigenvalue weighted by molar-refractivity contribution is 5.74. The molecule has 3 N–H and O–H groups in total. The van der Waals surface area contributed by atoms with Gasteiger partial charge in [-0.3, -0.25) is 9.89 Å². The van der Waals surface area contributed by atoms with Crippen molar-refractivity contribution in [2.75, 3.05) is 6.54 Å². The first-order valence-corrected chi connectivity index (χ1v) is 5.98. The number of carbonyl (C=O) groups is 1. The topological polar surface area (TPSA) is 78.0 Å². The van der Waals surface area contributed by atoms with E-state index in [2.05, 4.69) is 15.5 Å². The molecule has 0 aliphatic carbocycles. The van der Waals surface area contributed by atoms with Crippen LogP contribution in [0, 0.1) is 12.3 Å². The lowest BCUT2D eigenvalue weighted by molar-refractivity contribution is -0.149. The molecule has 0 aliphatic heterocycles. The SMILES string of the molecule is CCC(CC)(CNCc1[nH]ncc1C)C(=O)O. The lowest BCUT2D eigenvalue weighted by atomic mass is 9.82. The Morgan fingerprint density at radius 3 is 2.59 bits per heavy atom. The summed E-state index contributed by atoms with van der Waals surface area (Å²) in [7, 11) is 0. The summed E-state index contributed by atoms with van der Waals surface area (Å²) in [4.78, 5) is 11.3. The zero-order valence-electron chi connectivity index (χ0n) is 10.7. The average molecular weight is 239 g/mol. The van der Waals surface area contributed by atoms with E-state index in [1.165, 1.54) is 0 Å². The number of aryl methyl sites for hydroxylation is 1. The fourth-order valence-electron chi connectivity index (χ4n) is 1.86. The van der Waals surface area contributed by atoms with Crippen molar-refractivity contribution in [3.05, 3.63) is 17.5 Å². The third kappa shape index (κ3) is 3.06. The van der Waals surface area contributed by atoms with Crippen molar-refractivity contribution >= 4 is 5.97 Å². The Hall–Kier alpha value is -1.36. The predicted molar refractivity (Wildman–Crippen MR) is 65.7 cm³/mol. The van der Waals surface area contributed by atoms with E-state index in [4.69, 9.17) is 0 Å². The van der Waals surface area contributed by atoms with Crippen molar-refractivity contribution in [1.29, 1.82) is 0 Å². The van der Waals surface area contributed by atoms with Gasteiger partial charge in [-0.05, 0) is 25.3 Å². The quantitative estimate of drug-likeness (QED) is 0.676. The zero-order chi connectivity index (χ0) is 12.9. The molecule has 5 nitrogen and oxygen atoms in total. The highest BCUT2D eigenvalue weighted by Gasteiger charge is 2.34. The maximum Gasteiger partial charge on any atom is 0.310 e. The van der Waals surface area contributed by atoms with E-state index in [0.717, 1.165) is 11.3 Å². The molecular weight excluding hydrogens is 218 g/mol. The van der Waals surface area contributed by atoms with Crippen molar-refractivity contribution in [3.63, 3.8) is 0 Å². The van der Waals surface area contributed by atoms with Crippen molar-refractivity contribution in [1.82, 2.24) is 15.5 Å². The third-order valence-electron chi connectivity index (χ3n) is 3.51. The minimum Gasteiger partial charge on any atom is -0.481 e. The molecule has 1 rings (SSSR count). The minimum atomic E-state index is -0.726. The van der Waals surface area contributed by atoms with E-state index in [-0.39, 0.29) is 0 Å². The Bertz CT molecular complexity index is 370. The molecule has 1 heterocycles. The average Bonchev–Trinajstić information content (AvgIpc) is 2.70. The molecule has 5 heteroatoms. The molecule has 0 radical (unpaired) electrons. The third-order valence-corrected chi connectivity index (χ3v) is 3.51. The van der Waals surface area contributed by atoms with Crippen LogP contribution in [0.1, 0.15) is 37.9 Å². The molecule has 1 aromatic rings. The van der Waals surface area contributed by atoms with Crippen LogP contribution in [0.4, 0.5) is 0 Å². The lowest BCUT2D eigenvalue weighted by Crippen LogP contribution is -2.40. The first-order chi connectivity index (χ1) is 8.05. The van der Waals surface area contributed by atoms with Crippen molar-refractivity contribution in [3.8, 4) is 0 Å². The van der Waals surface area contributed by atoms with Gasteiger partial charge in [0.1, 0.15) is 0 Å². The van der Waals surface area contributed by atoms with Crippen molar-refractivity contribution in [2.45, 2.75) is 40.2 Å². The first-order valence-electron chi connectivity index (χ1n) is 5.98. The Morgan fingerprint density at radius 1 is 1.53 bits per heavy atom. The monoisotopic (exact) mass is 239 g/mol. The largest absolute Gasteiger partial charge is 0.481 e. The summed E-state index contributed by atoms with van der Waals surface area (Å²) in [5.41, 5.74) is 1.44. The Kier molecular flexibility index (Phi) is 4.69. The molecule has 0 aliphatic rings. The van der Waals surface area contributed by atoms with Gasteiger partial charge in [0.2, 0.25) is 0 Å². The van der Waals surface area contributed by atoms with E-state index < -0.39 is 11.4 Å². The molecule has 0 saturated heterocycles. The standard InChI is InChI=1S/C12H21N3O2/c1-4-12(5-2,11(16)17)8-13-7-10-9(3)6-14-15-10/h6,13H,4-5,7-8H2,1-3H3,(H,14,15)(H,16,17). The number of aromatic amines is 1. The number of rotatable bonds is 7. The highest BCUT2D eigenvalue weighted by atomic mass is 16.4. The van der Waals surface area contributed by atoms with Gasteiger partial charge < -0.3 is 10.4 Å². The number of carboxylic acid groups (broad SMARTS) is 1. The van der Waals surface area contributed by atoms with E-state index >= 15 is 0 Å². The van der Waals surface area contributed by atoms with Crippen LogP contribution >= 0.6 is 0 Å². The molecule has 0 amide bonds. The number of nitrogens with one attached hydrogen (secondary N) is 2. The molecule has 0 fully saturated rings. The zero-order valence-corrected chi connectivity index (χ0v) is 10.7. The van der Waals surface area contributed by atoms with E-state index in [1.807, 2.05) is 20.8 Å². The summed E-state index contributed by atoms with van der Waals surface area (Å²) in [6.07, 6.45) is 3.03. The normalized spacial score (nSPS) is 11.7. The number of hydrogen-bond donors (Lipinski definition) is 3. The summed E-state index contributed by atoms with van der Waals surface area (Å²) in [6, 6.07) is 0. The summed E-state index contributed by atoms with van der Waals surface area (Å²) in [6.45, 7) is 6.92. The van der Waals surface area contributed by atoms with Gasteiger partial charge in [-0.2, -0.15) is 5.10 Å². The molecule has 0 atom stereocenters. The number of aromatic nitrogens is 2. The maximum absolute atomic E-state index is 11.3. The molecular formula is C12H21N3O2. The predicted octanol–water partition coefficient (Wildman–Crippen LogP) is 1.70. The fraction of sp³-hybridized carbons (Fsp3) is 0.667. The van der Waals surface area contributed by atoms with Crippen molar-refractivity contribution in [2.24, 2.45) is 5.41 Å². The maximum atomic E-state index is 11.3. The van der Waals surface area contributed by atoms with Crippen LogP contribution in [-0.2, 0) is 11.3 Å². The molecule has 1 aromatic heterocycles. The van der Waals surface area contributed by atoms with Gasteiger partial charge in [0.05, 0.1) is 17.3 Å². The summed E-state index contributed by atoms with van der Waals surface area (Å²) < 4.78 is 0. The minimum absolute atomic E-state index is 0.480. The molecule has 0 saturated carbocycles. The second-order valence-electron chi connectivity index (χ2n) is 4.43. The first kappa shape index (κ1) is 13.7. The van der Waals surface area contributed by atoms with Crippen LogP contribution in [0.15, 0.2) is 6.20 Å². The number of H-pyrrole nitrogens is 1. The number of hydrogen-bond acceptors (Lipinski definition) is 3. The van der Waals surface area contributed by atoms with Gasteiger partial charge in [0.25, 0.3) is 0 Å². The van der Waals surface area contributed by atoms with Crippen LogP contribution in [0.3, 0.4) is 0 Å². The number of carboxylic acids is 1. The summed E-state index contributed by atoms with van der Waals surface area (Å²) >= 11 is 0. The molecule has 0 unspecified atom stereocenters. The van der Waals surface area contributed by atoms with E-state index in [9.17, 15) is 9.90 Å². The molecule has 0 aromatic carbocycles. The van der Waals surface area contributed by atoms with E-state index in [0.29, 0.717) is 25.9 Å². The van der Waals surface area contributed by atoms with Crippen LogP contribution in [0.2, 0.25) is 0 Å². The van der Waals surface area contributed by atoms with Crippen LogP contribution in [0.5, 0.6) is 0 Å². The van der Waals surface area contributed by atoms with Gasteiger partial charge in [0.15, 0.2) is 0 Å². The molecule has 0 spiro atoms. The van der Waals surface area contributed by atoms with Crippen molar-refractivity contribution < 1.29 is 9.90 Å². The Labute approximate surface area is 102 Å². The second kappa shape index (κ2) is 5.82. The second-order valence-corrected chi connectivity index (χ2v) is 4.43. The van der Waals surface area contributed by atoms with Gasteiger partial charge in [-0.1, -0.05) is 13.8 Å². The van der Waals surface area contributed by atoms with Gasteiger partial charge in [0, 0.05) is 13.1 Å². The summed E-state index contributed by atoms with van der Waals surface area (Å²) in [5, 5.41) is 19.3. The van der Waals surface area contributed by atoms with Gasteiger partial charge in [-0.25, -0.2) is 0 Å². The van der Waals surface area contributed by atoms with Crippen LogP contribution < -0.4 is 5.32 Å². The Balaban J connectivity index is 2.54. The Morgan fingerprint density at radius 2 is 2.18 bits per heavy atom. The van der Waals surface area contributed by atoms with Crippen LogP contribution in [-0.4, -0.2) is 27.8 Å².